The summed E-state index contributed by atoms with van der Waals surface area (Å²) in [6, 6.07) is -0.800. The van der Waals surface area contributed by atoms with Crippen LogP contribution < -0.4 is 10.6 Å². The first-order chi connectivity index (χ1) is 11.3. The first-order valence-corrected chi connectivity index (χ1v) is 9.17. The van der Waals surface area contributed by atoms with E-state index in [0.717, 1.165) is 32.1 Å². The van der Waals surface area contributed by atoms with E-state index in [-0.39, 0.29) is 18.0 Å². The molecule has 3 N–H and O–H groups in total. The van der Waals surface area contributed by atoms with Crippen LogP contribution in [0.15, 0.2) is 0 Å². The standard InChI is InChI=1S/C18H30N2O4/c1-10(2)4-14(16(21)24-3)19-17(22)20-15-12-5-11-6-13(15)9-18(23,7-11)8-12/h10-15,23H,4-9H2,1-3H3,(H2,19,20,22)/t11?,12-,13-,14-,15?,18?/m0/s1. The highest BCUT2D eigenvalue weighted by molar-refractivity contribution is 5.83. The highest BCUT2D eigenvalue weighted by Crippen LogP contribution is 2.55. The molecule has 0 saturated heterocycles. The number of carbonyl (C=O) groups is 2. The summed E-state index contributed by atoms with van der Waals surface area (Å²) in [5, 5.41) is 16.5. The monoisotopic (exact) mass is 338 g/mol. The lowest BCUT2D eigenvalue weighted by molar-refractivity contribution is -0.143. The molecule has 0 aromatic carbocycles. The Hall–Kier alpha value is -1.30. The van der Waals surface area contributed by atoms with Crippen molar-refractivity contribution in [3.8, 4) is 0 Å². The second kappa shape index (κ2) is 6.54. The van der Waals surface area contributed by atoms with Gasteiger partial charge in [0.15, 0.2) is 0 Å². The number of esters is 1. The molecule has 6 heteroatoms. The molecule has 0 aromatic rings. The summed E-state index contributed by atoms with van der Waals surface area (Å²) in [5.74, 6) is 1.20. The van der Waals surface area contributed by atoms with Crippen molar-refractivity contribution in [3.63, 3.8) is 0 Å². The topological polar surface area (TPSA) is 87.7 Å². The second-order valence-corrected chi connectivity index (χ2v) is 8.54. The van der Waals surface area contributed by atoms with Gasteiger partial charge in [-0.3, -0.25) is 0 Å². The zero-order chi connectivity index (χ0) is 17.5. The Kier molecular flexibility index (Phi) is 4.78. The maximum absolute atomic E-state index is 12.4. The van der Waals surface area contributed by atoms with Crippen LogP contribution >= 0.6 is 0 Å². The molecular weight excluding hydrogens is 308 g/mol. The summed E-state index contributed by atoms with van der Waals surface area (Å²) in [4.78, 5) is 24.3. The van der Waals surface area contributed by atoms with Crippen molar-refractivity contribution in [3.05, 3.63) is 0 Å². The minimum absolute atomic E-state index is 0.110. The van der Waals surface area contributed by atoms with E-state index in [0.29, 0.717) is 24.2 Å². The predicted octanol–water partition coefficient (Wildman–Crippen LogP) is 1.81. The number of aliphatic hydroxyl groups is 1. The lowest BCUT2D eigenvalue weighted by Gasteiger charge is -2.58. The summed E-state index contributed by atoms with van der Waals surface area (Å²) in [7, 11) is 1.34. The second-order valence-electron chi connectivity index (χ2n) is 8.54. The molecule has 4 rings (SSSR count). The van der Waals surface area contributed by atoms with Crippen LogP contribution in [-0.2, 0) is 9.53 Å². The van der Waals surface area contributed by atoms with E-state index < -0.39 is 17.6 Å². The predicted molar refractivity (Wildman–Crippen MR) is 89.2 cm³/mol. The van der Waals surface area contributed by atoms with E-state index in [1.165, 1.54) is 7.11 Å². The highest BCUT2D eigenvalue weighted by atomic mass is 16.5. The van der Waals surface area contributed by atoms with Crippen molar-refractivity contribution in [2.24, 2.45) is 23.7 Å². The molecule has 4 aliphatic rings. The van der Waals surface area contributed by atoms with Gasteiger partial charge in [0.25, 0.3) is 0 Å². The fraction of sp³-hybridized carbons (Fsp3) is 0.889. The van der Waals surface area contributed by atoms with Crippen LogP contribution in [0, 0.1) is 23.7 Å². The fourth-order valence-corrected chi connectivity index (χ4v) is 5.40. The van der Waals surface area contributed by atoms with E-state index >= 15 is 0 Å². The number of ether oxygens (including phenoxy) is 1. The maximum atomic E-state index is 12.4. The Morgan fingerprint density at radius 2 is 1.83 bits per heavy atom. The van der Waals surface area contributed by atoms with Crippen LogP contribution in [-0.4, -0.2) is 41.9 Å². The van der Waals surface area contributed by atoms with Crippen molar-refractivity contribution < 1.29 is 19.4 Å². The average Bonchev–Trinajstić information content (AvgIpc) is 2.47. The van der Waals surface area contributed by atoms with Gasteiger partial charge in [-0.25, -0.2) is 9.59 Å². The van der Waals surface area contributed by atoms with Crippen molar-refractivity contribution in [1.29, 1.82) is 0 Å². The van der Waals surface area contributed by atoms with Crippen LogP contribution in [0.1, 0.15) is 52.4 Å². The van der Waals surface area contributed by atoms with Gasteiger partial charge in [0.1, 0.15) is 6.04 Å². The van der Waals surface area contributed by atoms with Crippen LogP contribution in [0.3, 0.4) is 0 Å². The first-order valence-electron chi connectivity index (χ1n) is 9.17. The molecule has 4 saturated carbocycles. The molecule has 0 heterocycles. The number of nitrogens with one attached hydrogen (secondary N) is 2. The molecule has 6 nitrogen and oxygen atoms in total. The smallest absolute Gasteiger partial charge is 0.328 e. The van der Waals surface area contributed by atoms with Gasteiger partial charge in [0.05, 0.1) is 12.7 Å². The lowest BCUT2D eigenvalue weighted by atomic mass is 9.52. The molecule has 3 atom stereocenters. The normalized spacial score (nSPS) is 38.0. The number of methoxy groups -OCH3 is 1. The Labute approximate surface area is 143 Å². The van der Waals surface area contributed by atoms with Crippen LogP contribution in [0.4, 0.5) is 4.79 Å². The third-order valence-corrected chi connectivity index (χ3v) is 6.04. The van der Waals surface area contributed by atoms with Crippen molar-refractivity contribution >= 4 is 12.0 Å². The highest BCUT2D eigenvalue weighted by Gasteiger charge is 2.55. The van der Waals surface area contributed by atoms with Gasteiger partial charge in [-0.15, -0.1) is 0 Å². The van der Waals surface area contributed by atoms with Gasteiger partial charge < -0.3 is 20.5 Å². The molecule has 4 fully saturated rings. The molecule has 0 aromatic heterocycles. The quantitative estimate of drug-likeness (QED) is 0.667. The number of amides is 2. The van der Waals surface area contributed by atoms with Gasteiger partial charge in [0.2, 0.25) is 0 Å². The van der Waals surface area contributed by atoms with Crippen LogP contribution in [0.5, 0.6) is 0 Å². The Bertz CT molecular complexity index is 491. The molecule has 0 spiro atoms. The van der Waals surface area contributed by atoms with E-state index in [1.807, 2.05) is 13.8 Å². The number of hydrogen-bond acceptors (Lipinski definition) is 4. The molecule has 0 unspecified atom stereocenters. The Morgan fingerprint density at radius 1 is 1.21 bits per heavy atom. The molecule has 4 bridgehead atoms. The van der Waals surface area contributed by atoms with Gasteiger partial charge in [0, 0.05) is 6.04 Å². The number of carbonyl (C=O) groups excluding carboxylic acids is 2. The van der Waals surface area contributed by atoms with Crippen LogP contribution in [0.25, 0.3) is 0 Å². The SMILES string of the molecule is COC(=O)[C@H](CC(C)C)NC(=O)NC1[C@H]2CC3C[C@H]1CC(O)(C3)C2. The van der Waals surface area contributed by atoms with Gasteiger partial charge in [-0.2, -0.15) is 0 Å². The van der Waals surface area contributed by atoms with Gasteiger partial charge in [-0.05, 0) is 62.2 Å². The largest absolute Gasteiger partial charge is 0.467 e. The molecule has 136 valence electrons. The van der Waals surface area contributed by atoms with Crippen molar-refractivity contribution in [1.82, 2.24) is 10.6 Å². The van der Waals surface area contributed by atoms with E-state index in [1.54, 1.807) is 0 Å². The molecule has 24 heavy (non-hydrogen) atoms. The van der Waals surface area contributed by atoms with Gasteiger partial charge >= 0.3 is 12.0 Å². The van der Waals surface area contributed by atoms with Gasteiger partial charge in [-0.1, -0.05) is 13.8 Å². The Balaban J connectivity index is 1.59. The number of urea groups is 1. The third-order valence-electron chi connectivity index (χ3n) is 6.04. The molecule has 0 aliphatic heterocycles. The molecular formula is C18H30N2O4. The Morgan fingerprint density at radius 3 is 2.33 bits per heavy atom. The summed E-state index contributed by atoms with van der Waals surface area (Å²) in [6.45, 7) is 4.02. The van der Waals surface area contributed by atoms with Crippen molar-refractivity contribution in [2.75, 3.05) is 7.11 Å². The molecule has 4 aliphatic carbocycles. The lowest BCUT2D eigenvalue weighted by Crippen LogP contribution is -2.63. The third kappa shape index (κ3) is 3.53. The van der Waals surface area contributed by atoms with E-state index in [9.17, 15) is 14.7 Å². The van der Waals surface area contributed by atoms with E-state index in [4.69, 9.17) is 4.74 Å². The maximum Gasteiger partial charge on any atom is 0.328 e. The zero-order valence-corrected chi connectivity index (χ0v) is 14.9. The minimum atomic E-state index is -0.615. The minimum Gasteiger partial charge on any atom is -0.467 e. The first kappa shape index (κ1) is 17.5. The summed E-state index contributed by atoms with van der Waals surface area (Å²) in [6.07, 6.45) is 5.25. The summed E-state index contributed by atoms with van der Waals surface area (Å²) in [5.41, 5.74) is -0.503. The fourth-order valence-electron chi connectivity index (χ4n) is 5.40. The number of rotatable bonds is 5. The molecule has 2 amide bonds. The van der Waals surface area contributed by atoms with Crippen LogP contribution in [0.2, 0.25) is 0 Å². The zero-order valence-electron chi connectivity index (χ0n) is 14.9. The number of hydrogen-bond donors (Lipinski definition) is 3. The van der Waals surface area contributed by atoms with E-state index in [2.05, 4.69) is 10.6 Å². The average molecular weight is 338 g/mol. The van der Waals surface area contributed by atoms with Crippen molar-refractivity contribution in [2.45, 2.75) is 70.1 Å². The summed E-state index contributed by atoms with van der Waals surface area (Å²) < 4.78 is 4.80. The molecule has 0 radical (unpaired) electrons. The summed E-state index contributed by atoms with van der Waals surface area (Å²) >= 11 is 0.